The Morgan fingerprint density at radius 2 is 1.87 bits per heavy atom. The third-order valence-electron chi connectivity index (χ3n) is 2.99. The number of nitrogens with zero attached hydrogens (tertiary/aromatic N) is 3. The molecule has 0 aliphatic heterocycles. The Hall–Kier alpha value is -2.65. The number of benzene rings is 1. The lowest BCUT2D eigenvalue weighted by Gasteiger charge is -2.05. The van der Waals surface area contributed by atoms with Crippen LogP contribution in [0.3, 0.4) is 0 Å². The quantitative estimate of drug-likeness (QED) is 0.851. The van der Waals surface area contributed by atoms with E-state index in [1.807, 2.05) is 0 Å². The molecule has 10 heteroatoms. The van der Waals surface area contributed by atoms with Crippen LogP contribution in [0.15, 0.2) is 29.1 Å². The van der Waals surface area contributed by atoms with E-state index in [1.54, 1.807) is 0 Å². The highest BCUT2D eigenvalue weighted by Crippen LogP contribution is 2.25. The fourth-order valence-electron chi connectivity index (χ4n) is 1.83. The molecule has 6 nitrogen and oxygen atoms in total. The molecule has 23 heavy (non-hydrogen) atoms. The number of hydrogen-bond donors (Lipinski definition) is 1. The molecular formula is C13H12F4N4O2. The van der Waals surface area contributed by atoms with Crippen LogP contribution in [0, 0.1) is 5.82 Å². The molecule has 0 aliphatic rings. The van der Waals surface area contributed by atoms with Gasteiger partial charge in [-0.1, -0.05) is 12.1 Å². The number of rotatable bonds is 4. The second-order valence-electron chi connectivity index (χ2n) is 4.72. The molecule has 0 bridgehead atoms. The van der Waals surface area contributed by atoms with E-state index in [1.165, 1.54) is 24.3 Å². The number of halogens is 4. The lowest BCUT2D eigenvalue weighted by molar-refractivity contribution is -0.147. The summed E-state index contributed by atoms with van der Waals surface area (Å²) >= 11 is 0. The van der Waals surface area contributed by atoms with Gasteiger partial charge >= 0.3 is 11.9 Å². The monoisotopic (exact) mass is 332 g/mol. The minimum atomic E-state index is -4.79. The van der Waals surface area contributed by atoms with Crippen LogP contribution >= 0.6 is 0 Å². The van der Waals surface area contributed by atoms with E-state index in [0.29, 0.717) is 14.8 Å². The predicted octanol–water partition coefficient (Wildman–Crippen LogP) is 1.06. The maximum atomic E-state index is 12.7. The van der Waals surface area contributed by atoms with Crippen LogP contribution in [-0.2, 0) is 31.1 Å². The molecule has 2 aromatic rings. The van der Waals surface area contributed by atoms with Gasteiger partial charge in [0.15, 0.2) is 0 Å². The summed E-state index contributed by atoms with van der Waals surface area (Å²) in [6.45, 7) is -0.600. The van der Waals surface area contributed by atoms with Crippen LogP contribution < -0.4 is 11.0 Å². The van der Waals surface area contributed by atoms with Gasteiger partial charge in [0, 0.05) is 13.6 Å². The standard InChI is InChI=1S/C13H12F4N4O2/c1-20-11(13(15,16)17)19-21(12(20)23)7-10(22)18-6-8-2-4-9(14)5-3-8/h2-5H,6-7H2,1H3,(H,18,22). The number of nitrogens with one attached hydrogen (secondary N) is 1. The van der Waals surface area contributed by atoms with Crippen LogP contribution in [0.25, 0.3) is 0 Å². The molecule has 1 amide bonds. The summed E-state index contributed by atoms with van der Waals surface area (Å²) in [5.74, 6) is -2.50. The lowest BCUT2D eigenvalue weighted by Crippen LogP contribution is -2.33. The van der Waals surface area contributed by atoms with Gasteiger partial charge in [0.05, 0.1) is 0 Å². The van der Waals surface area contributed by atoms with Gasteiger partial charge in [-0.3, -0.25) is 9.36 Å². The third-order valence-corrected chi connectivity index (χ3v) is 2.99. The van der Waals surface area contributed by atoms with Crippen molar-refractivity contribution in [1.82, 2.24) is 19.7 Å². The van der Waals surface area contributed by atoms with E-state index in [-0.39, 0.29) is 6.54 Å². The highest BCUT2D eigenvalue weighted by atomic mass is 19.4. The molecule has 0 spiro atoms. The Labute approximate surface area is 127 Å². The Balaban J connectivity index is 2.03. The van der Waals surface area contributed by atoms with Gasteiger partial charge in [-0.15, -0.1) is 5.10 Å². The van der Waals surface area contributed by atoms with Crippen molar-refractivity contribution < 1.29 is 22.4 Å². The van der Waals surface area contributed by atoms with Crippen molar-refractivity contribution >= 4 is 5.91 Å². The van der Waals surface area contributed by atoms with Crippen LogP contribution in [0.2, 0.25) is 0 Å². The molecule has 0 fully saturated rings. The molecule has 1 N–H and O–H groups in total. The SMILES string of the molecule is Cn1c(C(F)(F)F)nn(CC(=O)NCc2ccc(F)cc2)c1=O. The fraction of sp³-hybridized carbons (Fsp3) is 0.308. The van der Waals surface area contributed by atoms with E-state index < -0.39 is 36.0 Å². The zero-order chi connectivity index (χ0) is 17.2. The molecule has 1 aromatic heterocycles. The smallest absolute Gasteiger partial charge is 0.350 e. The molecule has 0 saturated carbocycles. The van der Waals surface area contributed by atoms with E-state index in [2.05, 4.69) is 10.4 Å². The Morgan fingerprint density at radius 3 is 2.39 bits per heavy atom. The zero-order valence-corrected chi connectivity index (χ0v) is 11.9. The number of carbonyl (C=O) groups excluding carboxylic acids is 1. The third kappa shape index (κ3) is 3.96. The van der Waals surface area contributed by atoms with Crippen LogP contribution in [0.5, 0.6) is 0 Å². The van der Waals surface area contributed by atoms with Gasteiger partial charge in [0.25, 0.3) is 0 Å². The normalized spacial score (nSPS) is 11.5. The molecule has 0 unspecified atom stereocenters. The van der Waals surface area contributed by atoms with Crippen molar-refractivity contribution in [2.45, 2.75) is 19.3 Å². The summed E-state index contributed by atoms with van der Waals surface area (Å²) in [5, 5.41) is 5.53. The molecule has 1 aromatic carbocycles. The maximum Gasteiger partial charge on any atom is 0.451 e. The number of hydrogen-bond acceptors (Lipinski definition) is 3. The molecule has 0 radical (unpaired) electrons. The predicted molar refractivity (Wildman–Crippen MR) is 70.7 cm³/mol. The van der Waals surface area contributed by atoms with Crippen molar-refractivity contribution in [2.75, 3.05) is 0 Å². The second kappa shape index (κ2) is 6.23. The highest BCUT2D eigenvalue weighted by Gasteiger charge is 2.38. The van der Waals surface area contributed by atoms with E-state index in [0.717, 1.165) is 7.05 Å². The van der Waals surface area contributed by atoms with Gasteiger partial charge in [0.2, 0.25) is 11.7 Å². The topological polar surface area (TPSA) is 68.9 Å². The Morgan fingerprint density at radius 1 is 1.26 bits per heavy atom. The summed E-state index contributed by atoms with van der Waals surface area (Å²) < 4.78 is 51.3. The number of aromatic nitrogens is 3. The minimum absolute atomic E-state index is 0.0484. The Kier molecular flexibility index (Phi) is 4.52. The number of carbonyl (C=O) groups is 1. The summed E-state index contributed by atoms with van der Waals surface area (Å²) in [5.41, 5.74) is -0.446. The second-order valence-corrected chi connectivity index (χ2v) is 4.72. The van der Waals surface area contributed by atoms with E-state index >= 15 is 0 Å². The van der Waals surface area contributed by atoms with Gasteiger partial charge in [0.1, 0.15) is 12.4 Å². The highest BCUT2D eigenvalue weighted by molar-refractivity contribution is 5.75. The van der Waals surface area contributed by atoms with Gasteiger partial charge in [-0.25, -0.2) is 13.9 Å². The largest absolute Gasteiger partial charge is 0.451 e. The molecule has 0 atom stereocenters. The van der Waals surface area contributed by atoms with Crippen molar-refractivity contribution in [1.29, 1.82) is 0 Å². The molecule has 124 valence electrons. The summed E-state index contributed by atoms with van der Waals surface area (Å²) in [6.07, 6.45) is -4.79. The molecular weight excluding hydrogens is 320 g/mol. The number of amides is 1. The van der Waals surface area contributed by atoms with Gasteiger partial charge in [-0.2, -0.15) is 13.2 Å². The molecule has 0 saturated heterocycles. The van der Waals surface area contributed by atoms with Crippen LogP contribution in [0.1, 0.15) is 11.4 Å². The van der Waals surface area contributed by atoms with E-state index in [9.17, 15) is 27.2 Å². The van der Waals surface area contributed by atoms with E-state index in [4.69, 9.17) is 0 Å². The van der Waals surface area contributed by atoms with Crippen molar-refractivity contribution in [3.05, 3.63) is 52.0 Å². The average molecular weight is 332 g/mol. The first kappa shape index (κ1) is 16.7. The average Bonchev–Trinajstić information content (AvgIpc) is 2.75. The van der Waals surface area contributed by atoms with Crippen LogP contribution in [0.4, 0.5) is 17.6 Å². The summed E-state index contributed by atoms with van der Waals surface area (Å²) in [6, 6.07) is 5.31. The first-order valence-corrected chi connectivity index (χ1v) is 6.40. The van der Waals surface area contributed by atoms with Gasteiger partial charge in [-0.05, 0) is 17.7 Å². The molecule has 1 heterocycles. The maximum absolute atomic E-state index is 12.7. The summed E-state index contributed by atoms with van der Waals surface area (Å²) in [4.78, 5) is 23.3. The fourth-order valence-corrected chi connectivity index (χ4v) is 1.83. The molecule has 0 aliphatic carbocycles. The molecule has 2 rings (SSSR count). The summed E-state index contributed by atoms with van der Waals surface area (Å²) in [7, 11) is 0.922. The first-order valence-electron chi connectivity index (χ1n) is 6.40. The van der Waals surface area contributed by atoms with Gasteiger partial charge < -0.3 is 5.32 Å². The lowest BCUT2D eigenvalue weighted by atomic mass is 10.2. The first-order chi connectivity index (χ1) is 10.7. The van der Waals surface area contributed by atoms with Crippen molar-refractivity contribution in [2.24, 2.45) is 7.05 Å². The number of alkyl halides is 3. The van der Waals surface area contributed by atoms with Crippen LogP contribution in [-0.4, -0.2) is 20.3 Å². The Bertz CT molecular complexity index is 762. The minimum Gasteiger partial charge on any atom is -0.350 e. The van der Waals surface area contributed by atoms with Crippen molar-refractivity contribution in [3.63, 3.8) is 0 Å². The zero-order valence-electron chi connectivity index (χ0n) is 11.9. The van der Waals surface area contributed by atoms with Crippen molar-refractivity contribution in [3.8, 4) is 0 Å².